The molecule has 3 rings (SSSR count). The number of esters is 1. The lowest BCUT2D eigenvalue weighted by Crippen LogP contribution is -2.49. The standard InChI is InChI=1S/C22H24F3N5O5/c1-11-16(7-26)20(28-13-3-5-17(27-8-13)21(34)35-10-14(32)9-31)30-29-19(11)15-4-2-12(6-18(15)33)22(23,24)25/h2,4,6,13-14,17,27,31-33H,3,5,8-10H2,1H3,(H,28,30)/t13-,14+,17+/m1/s1. The Bertz CT molecular complexity index is 1110. The molecule has 0 saturated carbocycles. The lowest BCUT2D eigenvalue weighted by Gasteiger charge is -2.29. The SMILES string of the molecule is Cc1c(-c2ccc(C(F)(F)F)cc2O)nnc(N[C@@H]2CC[C@@H](C(=O)OC[C@@H](O)CO)NC2)c1C#N. The van der Waals surface area contributed by atoms with E-state index in [-0.39, 0.29) is 35.3 Å². The number of carbonyl (C=O) groups is 1. The zero-order valence-electron chi connectivity index (χ0n) is 18.6. The highest BCUT2D eigenvalue weighted by Crippen LogP contribution is 2.37. The molecule has 1 fully saturated rings. The fraction of sp³-hybridized carbons (Fsp3) is 0.455. The van der Waals surface area contributed by atoms with Crippen LogP contribution in [0, 0.1) is 18.3 Å². The number of anilines is 1. The van der Waals surface area contributed by atoms with Crippen molar-refractivity contribution in [3.8, 4) is 23.1 Å². The van der Waals surface area contributed by atoms with Gasteiger partial charge in [-0.3, -0.25) is 4.79 Å². The molecule has 0 bridgehead atoms. The topological polar surface area (TPSA) is 161 Å². The summed E-state index contributed by atoms with van der Waals surface area (Å²) in [5, 5.41) is 52.0. The number of nitrogens with zero attached hydrogens (tertiary/aromatic N) is 3. The number of nitriles is 1. The van der Waals surface area contributed by atoms with Gasteiger partial charge in [0.25, 0.3) is 0 Å². The van der Waals surface area contributed by atoms with Crippen molar-refractivity contribution in [2.24, 2.45) is 0 Å². The molecule has 1 saturated heterocycles. The van der Waals surface area contributed by atoms with Crippen molar-refractivity contribution in [1.29, 1.82) is 5.26 Å². The van der Waals surface area contributed by atoms with E-state index >= 15 is 0 Å². The van der Waals surface area contributed by atoms with E-state index in [1.54, 1.807) is 6.92 Å². The molecule has 0 spiro atoms. The van der Waals surface area contributed by atoms with Crippen LogP contribution in [0.15, 0.2) is 18.2 Å². The van der Waals surface area contributed by atoms with Gasteiger partial charge in [0.15, 0.2) is 5.82 Å². The van der Waals surface area contributed by atoms with Crippen LogP contribution in [0.3, 0.4) is 0 Å². The Morgan fingerprint density at radius 2 is 2.11 bits per heavy atom. The van der Waals surface area contributed by atoms with Gasteiger partial charge in [0.05, 0.1) is 12.2 Å². The first kappa shape index (κ1) is 26.1. The van der Waals surface area contributed by atoms with Crippen LogP contribution in [0.5, 0.6) is 5.75 Å². The van der Waals surface area contributed by atoms with E-state index in [0.717, 1.165) is 12.1 Å². The van der Waals surface area contributed by atoms with Crippen molar-refractivity contribution in [3.05, 3.63) is 34.9 Å². The predicted molar refractivity (Wildman–Crippen MR) is 116 cm³/mol. The second-order valence-corrected chi connectivity index (χ2v) is 8.08. The number of hydrogen-bond donors (Lipinski definition) is 5. The molecule has 35 heavy (non-hydrogen) atoms. The van der Waals surface area contributed by atoms with Crippen molar-refractivity contribution in [2.45, 2.75) is 44.1 Å². The second-order valence-electron chi connectivity index (χ2n) is 8.08. The number of hydrogen-bond acceptors (Lipinski definition) is 10. The van der Waals surface area contributed by atoms with E-state index < -0.39 is 42.2 Å². The summed E-state index contributed by atoms with van der Waals surface area (Å²) in [6.45, 7) is 1.05. The summed E-state index contributed by atoms with van der Waals surface area (Å²) in [4.78, 5) is 12.1. The number of phenols is 1. The number of rotatable bonds is 7. The van der Waals surface area contributed by atoms with Crippen molar-refractivity contribution < 1.29 is 38.0 Å². The number of piperidine rings is 1. The number of alkyl halides is 3. The number of nitrogens with one attached hydrogen (secondary N) is 2. The van der Waals surface area contributed by atoms with Crippen molar-refractivity contribution in [3.63, 3.8) is 0 Å². The van der Waals surface area contributed by atoms with Crippen LogP contribution in [0.1, 0.15) is 29.5 Å². The minimum Gasteiger partial charge on any atom is -0.507 e. The summed E-state index contributed by atoms with van der Waals surface area (Å²) in [5.41, 5.74) is -0.479. The molecule has 10 nitrogen and oxygen atoms in total. The molecule has 0 unspecified atom stereocenters. The minimum absolute atomic E-state index is 0.0121. The highest BCUT2D eigenvalue weighted by Gasteiger charge is 2.32. The van der Waals surface area contributed by atoms with E-state index in [4.69, 9.17) is 9.84 Å². The summed E-state index contributed by atoms with van der Waals surface area (Å²) >= 11 is 0. The highest BCUT2D eigenvalue weighted by molar-refractivity contribution is 5.76. The normalized spacial score (nSPS) is 19.0. The average Bonchev–Trinajstić information content (AvgIpc) is 2.82. The van der Waals surface area contributed by atoms with Gasteiger partial charge in [-0.05, 0) is 43.5 Å². The third kappa shape index (κ3) is 6.16. The number of benzene rings is 1. The largest absolute Gasteiger partial charge is 0.507 e. The van der Waals surface area contributed by atoms with Gasteiger partial charge in [-0.1, -0.05) is 0 Å². The smallest absolute Gasteiger partial charge is 0.416 e. The van der Waals surface area contributed by atoms with Gasteiger partial charge < -0.3 is 30.7 Å². The third-order valence-electron chi connectivity index (χ3n) is 5.58. The molecule has 1 aliphatic rings. The van der Waals surface area contributed by atoms with Gasteiger partial charge in [-0.25, -0.2) is 0 Å². The van der Waals surface area contributed by atoms with Gasteiger partial charge in [-0.2, -0.15) is 18.4 Å². The summed E-state index contributed by atoms with van der Waals surface area (Å²) in [6, 6.07) is 3.69. The Hall–Kier alpha value is -3.47. The van der Waals surface area contributed by atoms with E-state index in [0.29, 0.717) is 31.0 Å². The molecule has 1 aliphatic heterocycles. The van der Waals surface area contributed by atoms with Gasteiger partial charge >= 0.3 is 12.1 Å². The number of phenolic OH excluding ortho intramolecular Hbond substituents is 1. The molecule has 0 radical (unpaired) electrons. The van der Waals surface area contributed by atoms with E-state index in [2.05, 4.69) is 20.8 Å². The number of aromatic hydroxyl groups is 1. The van der Waals surface area contributed by atoms with Crippen LogP contribution in [-0.2, 0) is 15.7 Å². The zero-order chi connectivity index (χ0) is 25.8. The summed E-state index contributed by atoms with van der Waals surface area (Å²) < 4.78 is 43.6. The lowest BCUT2D eigenvalue weighted by molar-refractivity contribution is -0.150. The molecule has 13 heteroatoms. The quantitative estimate of drug-likeness (QED) is 0.356. The van der Waals surface area contributed by atoms with E-state index in [1.807, 2.05) is 6.07 Å². The maximum atomic E-state index is 12.9. The first-order chi connectivity index (χ1) is 16.5. The molecule has 3 atom stereocenters. The molecular weight excluding hydrogens is 471 g/mol. The van der Waals surface area contributed by atoms with Crippen molar-refractivity contribution in [1.82, 2.24) is 15.5 Å². The first-order valence-corrected chi connectivity index (χ1v) is 10.7. The van der Waals surface area contributed by atoms with Crippen LogP contribution in [0.25, 0.3) is 11.3 Å². The molecule has 2 aromatic rings. The Kier molecular flexibility index (Phi) is 8.11. The maximum absolute atomic E-state index is 12.9. The number of aliphatic hydroxyl groups is 2. The fourth-order valence-electron chi connectivity index (χ4n) is 3.63. The highest BCUT2D eigenvalue weighted by atomic mass is 19.4. The summed E-state index contributed by atoms with van der Waals surface area (Å²) in [5.74, 6) is -1.02. The monoisotopic (exact) mass is 495 g/mol. The van der Waals surface area contributed by atoms with Crippen LogP contribution in [0.2, 0.25) is 0 Å². The van der Waals surface area contributed by atoms with E-state index in [1.165, 1.54) is 0 Å². The first-order valence-electron chi connectivity index (χ1n) is 10.7. The number of aliphatic hydroxyl groups excluding tert-OH is 2. The summed E-state index contributed by atoms with van der Waals surface area (Å²) in [7, 11) is 0. The second kappa shape index (κ2) is 10.9. The Balaban J connectivity index is 1.70. The zero-order valence-corrected chi connectivity index (χ0v) is 18.6. The van der Waals surface area contributed by atoms with Gasteiger partial charge in [0.2, 0.25) is 0 Å². The van der Waals surface area contributed by atoms with Gasteiger partial charge in [0, 0.05) is 18.2 Å². The van der Waals surface area contributed by atoms with Crippen molar-refractivity contribution >= 4 is 11.8 Å². The fourth-order valence-corrected chi connectivity index (χ4v) is 3.63. The maximum Gasteiger partial charge on any atom is 0.416 e. The molecular formula is C22H24F3N5O5. The Morgan fingerprint density at radius 1 is 1.37 bits per heavy atom. The minimum atomic E-state index is -4.62. The third-order valence-corrected chi connectivity index (χ3v) is 5.58. The molecule has 5 N–H and O–H groups in total. The molecule has 2 heterocycles. The Labute approximate surface area is 198 Å². The average molecular weight is 495 g/mol. The summed E-state index contributed by atoms with van der Waals surface area (Å²) in [6.07, 6.45) is -4.84. The molecule has 0 aliphatic carbocycles. The number of ether oxygens (including phenoxy) is 1. The van der Waals surface area contributed by atoms with Gasteiger partial charge in [0.1, 0.15) is 41.8 Å². The number of halogens is 3. The predicted octanol–water partition coefficient (Wildman–Crippen LogP) is 1.48. The van der Waals surface area contributed by atoms with Crippen LogP contribution < -0.4 is 10.6 Å². The lowest BCUT2D eigenvalue weighted by atomic mass is 9.99. The molecule has 1 aromatic carbocycles. The van der Waals surface area contributed by atoms with Crippen LogP contribution in [0.4, 0.5) is 19.0 Å². The Morgan fingerprint density at radius 3 is 2.69 bits per heavy atom. The molecule has 0 amide bonds. The number of carbonyl (C=O) groups excluding carboxylic acids is 1. The van der Waals surface area contributed by atoms with E-state index in [9.17, 15) is 33.4 Å². The van der Waals surface area contributed by atoms with Gasteiger partial charge in [-0.15, -0.1) is 10.2 Å². The van der Waals surface area contributed by atoms with Crippen LogP contribution >= 0.6 is 0 Å². The molecule has 1 aromatic heterocycles. The van der Waals surface area contributed by atoms with Crippen LogP contribution in [-0.4, -0.2) is 69.4 Å². The number of aromatic nitrogens is 2. The molecule has 188 valence electrons. The van der Waals surface area contributed by atoms with Crippen molar-refractivity contribution in [2.75, 3.05) is 25.1 Å².